The summed E-state index contributed by atoms with van der Waals surface area (Å²) in [6.45, 7) is -0.556. The number of thiophene rings is 1. The van der Waals surface area contributed by atoms with E-state index in [9.17, 15) is 29.4 Å². The van der Waals surface area contributed by atoms with E-state index in [2.05, 4.69) is 5.32 Å². The molecule has 11 nitrogen and oxygen atoms in total. The molecule has 1 heterocycles. The summed E-state index contributed by atoms with van der Waals surface area (Å²) in [5.74, 6) is -3.30. The van der Waals surface area contributed by atoms with Crippen LogP contribution in [0, 0.1) is 5.41 Å². The number of nitrogens with two attached hydrogens (primary N) is 1. The largest absolute Gasteiger partial charge is 0.480 e. The first kappa shape index (κ1) is 28.8. The molecule has 0 bridgehead atoms. The molecule has 0 spiro atoms. The van der Waals surface area contributed by atoms with Gasteiger partial charge in [0.2, 0.25) is 0 Å². The van der Waals surface area contributed by atoms with Crippen LogP contribution in [0.1, 0.15) is 36.0 Å². The van der Waals surface area contributed by atoms with Crippen molar-refractivity contribution in [3.8, 4) is 5.75 Å². The number of carboxylic acids is 2. The van der Waals surface area contributed by atoms with Gasteiger partial charge in [-0.25, -0.2) is 9.59 Å². The van der Waals surface area contributed by atoms with Crippen molar-refractivity contribution in [1.29, 1.82) is 5.41 Å². The van der Waals surface area contributed by atoms with Crippen molar-refractivity contribution in [3.63, 3.8) is 0 Å². The summed E-state index contributed by atoms with van der Waals surface area (Å²) in [6.07, 6.45) is 0. The second kappa shape index (κ2) is 12.0. The second-order valence-corrected chi connectivity index (χ2v) is 10.6. The van der Waals surface area contributed by atoms with E-state index in [1.165, 1.54) is 17.0 Å². The Morgan fingerprint density at radius 3 is 2.37 bits per heavy atom. The Morgan fingerprint density at radius 1 is 0.907 bits per heavy atom. The van der Waals surface area contributed by atoms with Crippen LogP contribution in [-0.2, 0) is 11.3 Å². The van der Waals surface area contributed by atoms with Crippen molar-refractivity contribution in [3.05, 3.63) is 106 Å². The quantitative estimate of drug-likeness (QED) is 0.0676. The minimum Gasteiger partial charge on any atom is -0.480 e. The number of benzene rings is 4. The summed E-state index contributed by atoms with van der Waals surface area (Å²) < 4.78 is 6.29. The molecular formula is C31H24N4O7S. The summed E-state index contributed by atoms with van der Waals surface area (Å²) in [7, 11) is 0. The van der Waals surface area contributed by atoms with Crippen LogP contribution in [0.3, 0.4) is 0 Å². The summed E-state index contributed by atoms with van der Waals surface area (Å²) >= 11 is 1.13. The van der Waals surface area contributed by atoms with Crippen LogP contribution in [0.2, 0.25) is 0 Å². The van der Waals surface area contributed by atoms with Gasteiger partial charge in [-0.2, -0.15) is 0 Å². The summed E-state index contributed by atoms with van der Waals surface area (Å²) in [4.78, 5) is 50.8. The number of amides is 1. The predicted molar refractivity (Wildman–Crippen MR) is 162 cm³/mol. The second-order valence-electron chi connectivity index (χ2n) is 9.54. The summed E-state index contributed by atoms with van der Waals surface area (Å²) in [6, 6.07) is 22.8. The Hall–Kier alpha value is -5.75. The number of nitrogens with zero attached hydrogens (tertiary/aromatic N) is 1. The monoisotopic (exact) mass is 596 g/mol. The normalized spacial score (nSPS) is 10.8. The van der Waals surface area contributed by atoms with Gasteiger partial charge in [0.25, 0.3) is 5.91 Å². The molecule has 0 fully saturated rings. The molecule has 5 aromatic rings. The third kappa shape index (κ3) is 6.60. The SMILES string of the molecule is N=C(N)Nc1ccc(C(=O)Oc2ccc3c(C(=O)N(CC(=O)O)Cc4ccc5sc(C(=O)O)cc5c4)cccc3c2)cc1. The Bertz CT molecular complexity index is 1920. The molecule has 0 aliphatic rings. The van der Waals surface area contributed by atoms with Crippen molar-refractivity contribution >= 4 is 67.7 Å². The van der Waals surface area contributed by atoms with Crippen LogP contribution >= 0.6 is 11.3 Å². The van der Waals surface area contributed by atoms with Crippen molar-refractivity contribution in [2.45, 2.75) is 6.54 Å². The van der Waals surface area contributed by atoms with Gasteiger partial charge in [0.05, 0.1) is 5.56 Å². The molecule has 0 radical (unpaired) electrons. The molecule has 1 aromatic heterocycles. The van der Waals surface area contributed by atoms with E-state index < -0.39 is 30.4 Å². The summed E-state index contributed by atoms with van der Waals surface area (Å²) in [5, 5.41) is 30.6. The van der Waals surface area contributed by atoms with Crippen LogP contribution in [0.5, 0.6) is 5.75 Å². The lowest BCUT2D eigenvalue weighted by Gasteiger charge is -2.22. The molecule has 12 heteroatoms. The lowest BCUT2D eigenvalue weighted by molar-refractivity contribution is -0.137. The van der Waals surface area contributed by atoms with Crippen molar-refractivity contribution in [2.24, 2.45) is 5.73 Å². The number of aromatic carboxylic acids is 1. The van der Waals surface area contributed by atoms with Gasteiger partial charge in [-0.1, -0.05) is 18.2 Å². The number of rotatable bonds is 9. The minimum atomic E-state index is -1.18. The van der Waals surface area contributed by atoms with Crippen LogP contribution in [0.4, 0.5) is 5.69 Å². The highest BCUT2D eigenvalue weighted by Crippen LogP contribution is 2.29. The number of esters is 1. The maximum absolute atomic E-state index is 13.7. The average Bonchev–Trinajstić information content (AvgIpc) is 3.40. The Labute approximate surface area is 248 Å². The zero-order valence-corrected chi connectivity index (χ0v) is 23.2. The fourth-order valence-corrected chi connectivity index (χ4v) is 5.45. The Balaban J connectivity index is 1.37. The minimum absolute atomic E-state index is 0.00780. The number of carbonyl (C=O) groups excluding carboxylic acids is 2. The number of anilines is 1. The fourth-order valence-electron chi connectivity index (χ4n) is 4.57. The van der Waals surface area contributed by atoms with Gasteiger partial charge in [0.15, 0.2) is 5.96 Å². The Morgan fingerprint density at radius 2 is 1.67 bits per heavy atom. The van der Waals surface area contributed by atoms with E-state index in [4.69, 9.17) is 15.9 Å². The molecule has 4 aromatic carbocycles. The Kier molecular flexibility index (Phi) is 8.03. The summed E-state index contributed by atoms with van der Waals surface area (Å²) in [5.41, 5.74) is 7.06. The first-order valence-corrected chi connectivity index (χ1v) is 13.6. The molecule has 43 heavy (non-hydrogen) atoms. The number of fused-ring (bicyclic) bond motifs is 2. The molecule has 0 saturated carbocycles. The molecule has 1 amide bonds. The molecule has 0 aliphatic carbocycles. The number of carbonyl (C=O) groups is 4. The van der Waals surface area contributed by atoms with Gasteiger partial charge in [0.1, 0.15) is 17.2 Å². The van der Waals surface area contributed by atoms with Gasteiger partial charge in [-0.15, -0.1) is 11.3 Å². The lowest BCUT2D eigenvalue weighted by Crippen LogP contribution is -2.35. The van der Waals surface area contributed by atoms with E-state index in [-0.39, 0.29) is 34.3 Å². The maximum Gasteiger partial charge on any atom is 0.345 e. The highest BCUT2D eigenvalue weighted by molar-refractivity contribution is 7.20. The van der Waals surface area contributed by atoms with Crippen molar-refractivity contribution < 1.29 is 34.1 Å². The lowest BCUT2D eigenvalue weighted by atomic mass is 10.0. The molecule has 0 aliphatic heterocycles. The number of ether oxygens (including phenoxy) is 1. The zero-order valence-electron chi connectivity index (χ0n) is 22.4. The van der Waals surface area contributed by atoms with Crippen molar-refractivity contribution in [1.82, 2.24) is 4.90 Å². The first-order chi connectivity index (χ1) is 20.6. The predicted octanol–water partition coefficient (Wildman–Crippen LogP) is 5.00. The maximum atomic E-state index is 13.7. The third-order valence-corrected chi connectivity index (χ3v) is 7.57. The third-order valence-electron chi connectivity index (χ3n) is 6.47. The highest BCUT2D eigenvalue weighted by Gasteiger charge is 2.22. The molecule has 0 atom stereocenters. The van der Waals surface area contributed by atoms with Crippen LogP contribution in [0.25, 0.3) is 20.9 Å². The number of hydrogen-bond donors (Lipinski definition) is 5. The highest BCUT2D eigenvalue weighted by atomic mass is 32.1. The van der Waals surface area contributed by atoms with E-state index >= 15 is 0 Å². The number of nitrogens with one attached hydrogen (secondary N) is 2. The average molecular weight is 597 g/mol. The van der Waals surface area contributed by atoms with Crippen LogP contribution in [0.15, 0.2) is 84.9 Å². The first-order valence-electron chi connectivity index (χ1n) is 12.8. The standard InChI is InChI=1S/C31H24N4O7S/c32-31(33)34-21-7-5-18(6-8-21)30(41)42-22-9-10-23-19(13-22)2-1-3-24(23)28(38)35(16-27(36)37)15-17-4-11-25-20(12-17)14-26(43-25)29(39)40/h1-14H,15-16H2,(H,36,37)(H,39,40)(H4,32,33,34). The molecule has 5 rings (SSSR count). The zero-order chi connectivity index (χ0) is 30.7. The smallest absolute Gasteiger partial charge is 0.345 e. The van der Waals surface area contributed by atoms with Gasteiger partial charge in [-0.3, -0.25) is 15.0 Å². The van der Waals surface area contributed by atoms with Gasteiger partial charge in [0, 0.05) is 22.5 Å². The fraction of sp³-hybridized carbons (Fsp3) is 0.0645. The van der Waals surface area contributed by atoms with Gasteiger partial charge < -0.3 is 30.9 Å². The van der Waals surface area contributed by atoms with Gasteiger partial charge in [-0.05, 0) is 88.5 Å². The molecule has 216 valence electrons. The van der Waals surface area contributed by atoms with Crippen LogP contribution < -0.4 is 15.8 Å². The van der Waals surface area contributed by atoms with E-state index in [1.807, 2.05) is 0 Å². The molecule has 6 N–H and O–H groups in total. The number of carboxylic acid groups (broad SMARTS) is 2. The van der Waals surface area contributed by atoms with E-state index in [0.29, 0.717) is 27.4 Å². The molecule has 0 unspecified atom stereocenters. The molecule has 0 saturated heterocycles. The number of hydrogen-bond acceptors (Lipinski definition) is 7. The number of aliphatic carboxylic acids is 1. The molecular weight excluding hydrogens is 572 g/mol. The topological polar surface area (TPSA) is 183 Å². The number of guanidine groups is 1. The van der Waals surface area contributed by atoms with E-state index in [0.717, 1.165) is 16.0 Å². The van der Waals surface area contributed by atoms with E-state index in [1.54, 1.807) is 72.8 Å². The van der Waals surface area contributed by atoms with Crippen molar-refractivity contribution in [2.75, 3.05) is 11.9 Å². The van der Waals surface area contributed by atoms with Gasteiger partial charge >= 0.3 is 17.9 Å². The van der Waals surface area contributed by atoms with Crippen LogP contribution in [-0.4, -0.2) is 51.4 Å².